The Morgan fingerprint density at radius 2 is 1.56 bits per heavy atom. The first kappa shape index (κ1) is 18.7. The number of ether oxygens (including phenoxy) is 1. The van der Waals surface area contributed by atoms with E-state index in [1.54, 1.807) is 18.0 Å². The van der Waals surface area contributed by atoms with Gasteiger partial charge >= 0.3 is 5.97 Å². The summed E-state index contributed by atoms with van der Waals surface area (Å²) >= 11 is 0. The Hall–Kier alpha value is -2.62. The van der Waals surface area contributed by atoms with E-state index in [-0.39, 0.29) is 12.5 Å². The average Bonchev–Trinajstić information content (AvgIpc) is 2.56. The van der Waals surface area contributed by atoms with Crippen LogP contribution in [0.4, 0.5) is 0 Å². The number of carbonyl (C=O) groups is 2. The van der Waals surface area contributed by atoms with Crippen LogP contribution in [0.1, 0.15) is 38.2 Å². The summed E-state index contributed by atoms with van der Waals surface area (Å²) in [5.74, 6) is -0.687. The maximum Gasteiger partial charge on any atom is 0.338 e. The van der Waals surface area contributed by atoms with Gasteiger partial charge in [0.15, 0.2) is 6.61 Å². The first-order valence-electron chi connectivity index (χ1n) is 8.32. The molecule has 0 aliphatic rings. The maximum absolute atomic E-state index is 12.3. The predicted octanol–water partition coefficient (Wildman–Crippen LogP) is 3.74. The molecule has 2 aromatic carbocycles. The van der Waals surface area contributed by atoms with Crippen molar-refractivity contribution in [2.45, 2.75) is 34.2 Å². The van der Waals surface area contributed by atoms with Crippen LogP contribution in [0.2, 0.25) is 0 Å². The summed E-state index contributed by atoms with van der Waals surface area (Å²) in [7, 11) is 1.72. The second-order valence-corrected chi connectivity index (χ2v) is 6.57. The first-order valence-corrected chi connectivity index (χ1v) is 8.32. The third-order valence-corrected chi connectivity index (χ3v) is 4.27. The minimum Gasteiger partial charge on any atom is -0.452 e. The molecule has 0 saturated heterocycles. The molecule has 2 rings (SSSR count). The van der Waals surface area contributed by atoms with Gasteiger partial charge in [-0.05, 0) is 50.5 Å². The zero-order valence-electron chi connectivity index (χ0n) is 15.6. The second kappa shape index (κ2) is 7.97. The fraction of sp³-hybridized carbons (Fsp3) is 0.333. The van der Waals surface area contributed by atoms with Crippen LogP contribution in [0.3, 0.4) is 0 Å². The Labute approximate surface area is 149 Å². The van der Waals surface area contributed by atoms with E-state index >= 15 is 0 Å². The van der Waals surface area contributed by atoms with Crippen molar-refractivity contribution in [3.8, 4) is 0 Å². The molecule has 0 aromatic heterocycles. The highest BCUT2D eigenvalue weighted by molar-refractivity contribution is 5.92. The number of likely N-dealkylation sites (N-methyl/N-ethyl adjacent to an activating group) is 1. The Balaban J connectivity index is 1.95. The molecule has 2 aromatic rings. The maximum atomic E-state index is 12.3. The smallest absolute Gasteiger partial charge is 0.338 e. The molecule has 0 aliphatic carbocycles. The molecule has 0 spiro atoms. The molecule has 0 N–H and O–H groups in total. The number of amides is 1. The highest BCUT2D eigenvalue weighted by atomic mass is 16.5. The summed E-state index contributed by atoms with van der Waals surface area (Å²) in [5.41, 5.74) is 5.75. The summed E-state index contributed by atoms with van der Waals surface area (Å²) in [6.07, 6.45) is 0. The number of carbonyl (C=O) groups excluding carboxylic acids is 2. The molecule has 1 amide bonds. The monoisotopic (exact) mass is 339 g/mol. The summed E-state index contributed by atoms with van der Waals surface area (Å²) in [5, 5.41) is 0. The van der Waals surface area contributed by atoms with Crippen LogP contribution < -0.4 is 0 Å². The van der Waals surface area contributed by atoms with Gasteiger partial charge in [-0.3, -0.25) is 4.79 Å². The molecule has 0 aliphatic heterocycles. The number of benzene rings is 2. The normalized spacial score (nSPS) is 10.4. The minimum absolute atomic E-state index is 0.223. The molecule has 132 valence electrons. The Bertz CT molecular complexity index is 796. The molecule has 0 bridgehead atoms. The van der Waals surface area contributed by atoms with E-state index in [1.165, 1.54) is 5.56 Å². The van der Waals surface area contributed by atoms with E-state index in [1.807, 2.05) is 52.0 Å². The van der Waals surface area contributed by atoms with Gasteiger partial charge in [-0.25, -0.2) is 4.79 Å². The molecule has 0 radical (unpaired) electrons. The standard InChI is InChI=1S/C21H25NO3/c1-14-7-9-18(17(4)10-14)12-22(5)20(23)13-25-21(24)19-11-15(2)6-8-16(19)3/h6-11H,12-13H2,1-5H3. The summed E-state index contributed by atoms with van der Waals surface area (Å²) in [6.45, 7) is 8.07. The molecule has 0 unspecified atom stereocenters. The number of hydrogen-bond acceptors (Lipinski definition) is 3. The van der Waals surface area contributed by atoms with Gasteiger partial charge in [0.05, 0.1) is 5.56 Å². The van der Waals surface area contributed by atoms with Crippen molar-refractivity contribution in [1.82, 2.24) is 4.90 Å². The lowest BCUT2D eigenvalue weighted by Gasteiger charge is -2.19. The van der Waals surface area contributed by atoms with E-state index in [0.29, 0.717) is 12.1 Å². The lowest BCUT2D eigenvalue weighted by Crippen LogP contribution is -2.31. The zero-order valence-corrected chi connectivity index (χ0v) is 15.6. The topological polar surface area (TPSA) is 46.6 Å². The van der Waals surface area contributed by atoms with Gasteiger partial charge in [0.2, 0.25) is 0 Å². The van der Waals surface area contributed by atoms with Gasteiger partial charge in [-0.15, -0.1) is 0 Å². The van der Waals surface area contributed by atoms with Crippen LogP contribution in [-0.2, 0) is 16.1 Å². The van der Waals surface area contributed by atoms with Crippen LogP contribution in [0.5, 0.6) is 0 Å². The second-order valence-electron chi connectivity index (χ2n) is 6.57. The lowest BCUT2D eigenvalue weighted by molar-refractivity contribution is -0.133. The van der Waals surface area contributed by atoms with E-state index < -0.39 is 5.97 Å². The van der Waals surface area contributed by atoms with Gasteiger partial charge in [0, 0.05) is 13.6 Å². The van der Waals surface area contributed by atoms with Crippen molar-refractivity contribution in [2.24, 2.45) is 0 Å². The fourth-order valence-electron chi connectivity index (χ4n) is 2.64. The van der Waals surface area contributed by atoms with Crippen molar-refractivity contribution >= 4 is 11.9 Å². The summed E-state index contributed by atoms with van der Waals surface area (Å²) < 4.78 is 5.20. The number of aryl methyl sites for hydroxylation is 4. The van der Waals surface area contributed by atoms with Crippen LogP contribution >= 0.6 is 0 Å². The Kier molecular flexibility index (Phi) is 5.97. The Morgan fingerprint density at radius 1 is 0.920 bits per heavy atom. The molecular weight excluding hydrogens is 314 g/mol. The van der Waals surface area contributed by atoms with Crippen LogP contribution in [0, 0.1) is 27.7 Å². The van der Waals surface area contributed by atoms with Crippen molar-refractivity contribution in [2.75, 3.05) is 13.7 Å². The molecule has 0 fully saturated rings. The van der Waals surface area contributed by atoms with Crippen molar-refractivity contribution < 1.29 is 14.3 Å². The molecule has 25 heavy (non-hydrogen) atoms. The number of nitrogens with zero attached hydrogens (tertiary/aromatic N) is 1. The average molecular weight is 339 g/mol. The van der Waals surface area contributed by atoms with E-state index in [4.69, 9.17) is 4.74 Å². The fourth-order valence-corrected chi connectivity index (χ4v) is 2.64. The van der Waals surface area contributed by atoms with Gasteiger partial charge in [-0.1, -0.05) is 41.5 Å². The van der Waals surface area contributed by atoms with Crippen molar-refractivity contribution in [1.29, 1.82) is 0 Å². The number of rotatable bonds is 5. The van der Waals surface area contributed by atoms with Gasteiger partial charge in [-0.2, -0.15) is 0 Å². The number of esters is 1. The molecule has 4 nitrogen and oxygen atoms in total. The van der Waals surface area contributed by atoms with E-state index in [0.717, 1.165) is 22.3 Å². The van der Waals surface area contributed by atoms with Crippen LogP contribution in [-0.4, -0.2) is 30.4 Å². The van der Waals surface area contributed by atoms with Crippen molar-refractivity contribution in [3.05, 3.63) is 69.8 Å². The summed E-state index contributed by atoms with van der Waals surface area (Å²) in [4.78, 5) is 26.0. The Morgan fingerprint density at radius 3 is 2.24 bits per heavy atom. The van der Waals surface area contributed by atoms with Crippen LogP contribution in [0.25, 0.3) is 0 Å². The number of hydrogen-bond donors (Lipinski definition) is 0. The van der Waals surface area contributed by atoms with Gasteiger partial charge in [0.25, 0.3) is 5.91 Å². The summed E-state index contributed by atoms with van der Waals surface area (Å²) in [6, 6.07) is 11.7. The minimum atomic E-state index is -0.463. The molecular formula is C21H25NO3. The quantitative estimate of drug-likeness (QED) is 0.780. The third kappa shape index (κ3) is 4.92. The van der Waals surface area contributed by atoms with Gasteiger partial charge < -0.3 is 9.64 Å². The SMILES string of the molecule is Cc1ccc(CN(C)C(=O)COC(=O)c2cc(C)ccc2C)c(C)c1. The van der Waals surface area contributed by atoms with Gasteiger partial charge in [0.1, 0.15) is 0 Å². The molecule has 0 saturated carbocycles. The zero-order chi connectivity index (χ0) is 18.6. The highest BCUT2D eigenvalue weighted by Gasteiger charge is 2.16. The predicted molar refractivity (Wildman–Crippen MR) is 98.6 cm³/mol. The molecule has 0 heterocycles. The lowest BCUT2D eigenvalue weighted by atomic mass is 10.1. The van der Waals surface area contributed by atoms with E-state index in [2.05, 4.69) is 6.07 Å². The van der Waals surface area contributed by atoms with Crippen LogP contribution in [0.15, 0.2) is 36.4 Å². The third-order valence-electron chi connectivity index (χ3n) is 4.27. The first-order chi connectivity index (χ1) is 11.8. The molecule has 0 atom stereocenters. The highest BCUT2D eigenvalue weighted by Crippen LogP contribution is 2.14. The van der Waals surface area contributed by atoms with E-state index in [9.17, 15) is 9.59 Å². The largest absolute Gasteiger partial charge is 0.452 e. The van der Waals surface area contributed by atoms with Crippen molar-refractivity contribution in [3.63, 3.8) is 0 Å². The molecule has 4 heteroatoms.